The van der Waals surface area contributed by atoms with Gasteiger partial charge in [0.15, 0.2) is 0 Å². The van der Waals surface area contributed by atoms with Crippen LogP contribution in [0.4, 0.5) is 0 Å². The van der Waals surface area contributed by atoms with Crippen LogP contribution in [0.1, 0.15) is 30.7 Å². The van der Waals surface area contributed by atoms with E-state index in [0.717, 1.165) is 43.9 Å². The molecule has 0 radical (unpaired) electrons. The lowest BCUT2D eigenvalue weighted by Gasteiger charge is -2.41. The molecule has 2 fully saturated rings. The fraction of sp³-hybridized carbons (Fsp3) is 0.588. The van der Waals surface area contributed by atoms with E-state index in [2.05, 4.69) is 41.3 Å². The Morgan fingerprint density at radius 1 is 1.14 bits per heavy atom. The summed E-state index contributed by atoms with van der Waals surface area (Å²) in [6.45, 7) is 1.77. The van der Waals surface area contributed by atoms with Crippen LogP contribution in [-0.2, 0) is 10.8 Å². The average molecular weight is 302 g/mol. The van der Waals surface area contributed by atoms with Crippen molar-refractivity contribution in [3.8, 4) is 6.07 Å². The molecule has 0 bridgehead atoms. The van der Waals surface area contributed by atoms with Gasteiger partial charge in [-0.25, -0.2) is 0 Å². The van der Waals surface area contributed by atoms with Crippen molar-refractivity contribution in [3.63, 3.8) is 0 Å². The summed E-state index contributed by atoms with van der Waals surface area (Å²) in [5.74, 6) is 2.24. The van der Waals surface area contributed by atoms with Gasteiger partial charge in [0.1, 0.15) is 0 Å². The molecule has 3 unspecified atom stereocenters. The Balaban J connectivity index is 1.73. The zero-order valence-electron chi connectivity index (χ0n) is 12.3. The van der Waals surface area contributed by atoms with E-state index in [0.29, 0.717) is 12.0 Å². The normalized spacial score (nSPS) is 31.7. The largest absolute Gasteiger partial charge is 0.297 e. The van der Waals surface area contributed by atoms with E-state index in [1.54, 1.807) is 0 Å². The molecule has 112 valence electrons. The molecule has 0 amide bonds. The van der Waals surface area contributed by atoms with Gasteiger partial charge in [-0.1, -0.05) is 30.3 Å². The second-order valence-corrected chi connectivity index (χ2v) is 7.80. The lowest BCUT2D eigenvalue weighted by Crippen LogP contribution is -2.49. The van der Waals surface area contributed by atoms with Crippen LogP contribution in [0.5, 0.6) is 0 Å². The van der Waals surface area contributed by atoms with E-state index < -0.39 is 10.8 Å². The van der Waals surface area contributed by atoms with Gasteiger partial charge in [0.05, 0.1) is 12.0 Å². The summed E-state index contributed by atoms with van der Waals surface area (Å²) in [6.07, 6.45) is 3.16. The lowest BCUT2D eigenvalue weighted by atomic mass is 9.75. The summed E-state index contributed by atoms with van der Waals surface area (Å²) in [7, 11) is -0.648. The fourth-order valence-corrected chi connectivity index (χ4v) is 4.79. The Morgan fingerprint density at radius 2 is 1.86 bits per heavy atom. The molecule has 0 spiro atoms. The second-order valence-electron chi connectivity index (χ2n) is 6.11. The minimum atomic E-state index is -0.648. The summed E-state index contributed by atoms with van der Waals surface area (Å²) >= 11 is 0. The van der Waals surface area contributed by atoms with E-state index in [1.165, 1.54) is 5.56 Å². The number of hydrogen-bond donors (Lipinski definition) is 0. The third-order valence-corrected chi connectivity index (χ3v) is 6.21. The molecule has 1 saturated carbocycles. The summed E-state index contributed by atoms with van der Waals surface area (Å²) < 4.78 is 11.5. The Labute approximate surface area is 129 Å². The van der Waals surface area contributed by atoms with Crippen LogP contribution in [0.2, 0.25) is 0 Å². The van der Waals surface area contributed by atoms with Crippen LogP contribution in [-0.4, -0.2) is 39.7 Å². The van der Waals surface area contributed by atoms with Gasteiger partial charge in [0, 0.05) is 41.4 Å². The molecule has 3 atom stereocenters. The van der Waals surface area contributed by atoms with Gasteiger partial charge in [-0.2, -0.15) is 5.26 Å². The first-order valence-electron chi connectivity index (χ1n) is 7.81. The molecule has 3 nitrogen and oxygen atoms in total. The number of nitriles is 1. The third-order valence-electron chi connectivity index (χ3n) is 4.93. The van der Waals surface area contributed by atoms with Crippen molar-refractivity contribution in [2.24, 2.45) is 5.92 Å². The third kappa shape index (κ3) is 3.36. The first kappa shape index (κ1) is 14.7. The Morgan fingerprint density at radius 3 is 2.52 bits per heavy atom. The molecule has 1 aliphatic heterocycles. The molecule has 21 heavy (non-hydrogen) atoms. The molecule has 1 heterocycles. The van der Waals surface area contributed by atoms with Crippen LogP contribution >= 0.6 is 0 Å². The van der Waals surface area contributed by atoms with Crippen molar-refractivity contribution in [2.45, 2.75) is 31.2 Å². The van der Waals surface area contributed by atoms with E-state index in [1.807, 2.05) is 0 Å². The van der Waals surface area contributed by atoms with Crippen molar-refractivity contribution in [3.05, 3.63) is 35.9 Å². The SMILES string of the molecule is N#CC1CCC(c2ccccc2)CC1N1CCS(=O)CC1. The fourth-order valence-electron chi connectivity index (χ4n) is 3.71. The monoisotopic (exact) mass is 302 g/mol. The van der Waals surface area contributed by atoms with Crippen molar-refractivity contribution in [1.29, 1.82) is 5.26 Å². The molecule has 0 N–H and O–H groups in total. The Hall–Kier alpha value is -1.18. The molecule has 0 aromatic heterocycles. The van der Waals surface area contributed by atoms with E-state index >= 15 is 0 Å². The number of rotatable bonds is 2. The van der Waals surface area contributed by atoms with E-state index in [-0.39, 0.29) is 5.92 Å². The van der Waals surface area contributed by atoms with Crippen LogP contribution in [0.25, 0.3) is 0 Å². The maximum atomic E-state index is 11.5. The van der Waals surface area contributed by atoms with Crippen LogP contribution < -0.4 is 0 Å². The van der Waals surface area contributed by atoms with Gasteiger partial charge in [-0.15, -0.1) is 0 Å². The minimum absolute atomic E-state index is 0.136. The smallest absolute Gasteiger partial charge is 0.0672 e. The quantitative estimate of drug-likeness (QED) is 0.843. The van der Waals surface area contributed by atoms with Crippen molar-refractivity contribution >= 4 is 10.8 Å². The number of benzene rings is 1. The highest BCUT2D eigenvalue weighted by atomic mass is 32.2. The van der Waals surface area contributed by atoms with Gasteiger partial charge >= 0.3 is 0 Å². The van der Waals surface area contributed by atoms with Gasteiger partial charge in [-0.3, -0.25) is 9.11 Å². The predicted molar refractivity (Wildman–Crippen MR) is 85.4 cm³/mol. The second kappa shape index (κ2) is 6.72. The molecular weight excluding hydrogens is 280 g/mol. The lowest BCUT2D eigenvalue weighted by molar-refractivity contribution is 0.128. The van der Waals surface area contributed by atoms with Crippen molar-refractivity contribution in [1.82, 2.24) is 4.90 Å². The highest BCUT2D eigenvalue weighted by Gasteiger charge is 2.36. The van der Waals surface area contributed by atoms with E-state index in [9.17, 15) is 9.47 Å². The highest BCUT2D eigenvalue weighted by Crippen LogP contribution is 2.38. The van der Waals surface area contributed by atoms with Crippen LogP contribution in [0, 0.1) is 17.2 Å². The zero-order valence-corrected chi connectivity index (χ0v) is 13.1. The summed E-state index contributed by atoms with van der Waals surface area (Å²) in [5.41, 5.74) is 1.40. The van der Waals surface area contributed by atoms with Crippen molar-refractivity contribution < 1.29 is 4.21 Å². The first-order chi connectivity index (χ1) is 10.3. The van der Waals surface area contributed by atoms with Gasteiger partial charge in [0.25, 0.3) is 0 Å². The Bertz CT molecular complexity index is 529. The molecule has 1 aliphatic carbocycles. The average Bonchev–Trinajstić information content (AvgIpc) is 2.56. The predicted octanol–water partition coefficient (Wildman–Crippen LogP) is 2.53. The molecule has 1 aromatic rings. The molecule has 2 aliphatic rings. The summed E-state index contributed by atoms with van der Waals surface area (Å²) in [5, 5.41) is 9.46. The maximum absolute atomic E-state index is 11.5. The number of hydrogen-bond acceptors (Lipinski definition) is 3. The first-order valence-corrected chi connectivity index (χ1v) is 9.30. The Kier molecular flexibility index (Phi) is 4.72. The summed E-state index contributed by atoms with van der Waals surface area (Å²) in [6, 6.07) is 13.5. The topological polar surface area (TPSA) is 44.1 Å². The number of nitrogens with zero attached hydrogens (tertiary/aromatic N) is 2. The molecule has 1 aromatic carbocycles. The maximum Gasteiger partial charge on any atom is 0.0672 e. The van der Waals surface area contributed by atoms with Crippen LogP contribution in [0.3, 0.4) is 0 Å². The standard InChI is InChI=1S/C17H22N2OS/c18-13-16-7-6-15(14-4-2-1-3-5-14)12-17(16)19-8-10-21(20)11-9-19/h1-5,15-17H,6-12H2. The zero-order chi connectivity index (χ0) is 14.7. The van der Waals surface area contributed by atoms with E-state index in [4.69, 9.17) is 0 Å². The summed E-state index contributed by atoms with van der Waals surface area (Å²) in [4.78, 5) is 2.42. The molecule has 3 rings (SSSR count). The molecule has 4 heteroatoms. The minimum Gasteiger partial charge on any atom is -0.297 e. The van der Waals surface area contributed by atoms with Gasteiger partial charge < -0.3 is 0 Å². The van der Waals surface area contributed by atoms with Crippen molar-refractivity contribution in [2.75, 3.05) is 24.6 Å². The van der Waals surface area contributed by atoms with Gasteiger partial charge in [0.2, 0.25) is 0 Å². The molecular formula is C17H22N2OS. The van der Waals surface area contributed by atoms with Crippen LogP contribution in [0.15, 0.2) is 30.3 Å². The van der Waals surface area contributed by atoms with Gasteiger partial charge in [-0.05, 0) is 30.7 Å². The highest BCUT2D eigenvalue weighted by molar-refractivity contribution is 7.85. The molecule has 1 saturated heterocycles.